The number of nitrogens with zero attached hydrogens (tertiary/aromatic N) is 1. The zero-order chi connectivity index (χ0) is 13.4. The molecule has 2 fully saturated rings. The Balaban J connectivity index is 1.98. The number of aliphatic hydroxyl groups is 1. The lowest BCUT2D eigenvalue weighted by Gasteiger charge is -2.29. The van der Waals surface area contributed by atoms with Crippen LogP contribution in [-0.4, -0.2) is 66.5 Å². The molecule has 0 aliphatic carbocycles. The number of rotatable bonds is 1. The topological polar surface area (TPSA) is 64.6 Å². The van der Waals surface area contributed by atoms with E-state index in [9.17, 15) is 23.1 Å². The Labute approximate surface area is 102 Å². The van der Waals surface area contributed by atoms with Crippen molar-refractivity contribution in [3.8, 4) is 0 Å². The first-order valence-corrected chi connectivity index (χ1v) is 5.85. The molecule has 2 rings (SSSR count). The number of halogens is 3. The molecule has 0 aromatic carbocycles. The molecule has 0 aromatic heterocycles. The van der Waals surface area contributed by atoms with Gasteiger partial charge in [-0.2, -0.15) is 13.2 Å². The molecule has 2 atom stereocenters. The highest BCUT2D eigenvalue weighted by molar-refractivity contribution is 5.82. The third-order valence-corrected chi connectivity index (χ3v) is 3.43. The SMILES string of the molecule is O=C(C1CNCCN1)N1CCC(O)(C(F)(F)F)C1. The van der Waals surface area contributed by atoms with Gasteiger partial charge in [0.2, 0.25) is 5.91 Å². The Kier molecular flexibility index (Phi) is 3.52. The number of carbonyl (C=O) groups excluding carboxylic acids is 1. The zero-order valence-corrected chi connectivity index (χ0v) is 9.76. The summed E-state index contributed by atoms with van der Waals surface area (Å²) in [6.45, 7) is 1.00. The van der Waals surface area contributed by atoms with Crippen LogP contribution in [0.1, 0.15) is 6.42 Å². The lowest BCUT2D eigenvalue weighted by molar-refractivity contribution is -0.253. The molecule has 0 saturated carbocycles. The lowest BCUT2D eigenvalue weighted by Crippen LogP contribution is -2.57. The number of likely N-dealkylation sites (tertiary alicyclic amines) is 1. The maximum atomic E-state index is 12.6. The number of alkyl halides is 3. The second-order valence-corrected chi connectivity index (χ2v) is 4.75. The molecule has 3 N–H and O–H groups in total. The van der Waals surface area contributed by atoms with Gasteiger partial charge in [0, 0.05) is 32.6 Å². The number of nitrogens with one attached hydrogen (secondary N) is 2. The zero-order valence-electron chi connectivity index (χ0n) is 9.76. The van der Waals surface area contributed by atoms with E-state index in [1.54, 1.807) is 0 Å². The van der Waals surface area contributed by atoms with Gasteiger partial charge in [-0.05, 0) is 0 Å². The number of piperazine rings is 1. The molecule has 5 nitrogen and oxygen atoms in total. The lowest BCUT2D eigenvalue weighted by atomic mass is 10.0. The molecular weight excluding hydrogens is 251 g/mol. The highest BCUT2D eigenvalue weighted by Gasteiger charge is 2.58. The maximum absolute atomic E-state index is 12.6. The van der Waals surface area contributed by atoms with Crippen LogP contribution in [0.4, 0.5) is 13.2 Å². The fraction of sp³-hybridized carbons (Fsp3) is 0.900. The highest BCUT2D eigenvalue weighted by atomic mass is 19.4. The quantitative estimate of drug-likeness (QED) is 0.574. The monoisotopic (exact) mass is 267 g/mol. The summed E-state index contributed by atoms with van der Waals surface area (Å²) < 4.78 is 37.8. The van der Waals surface area contributed by atoms with Crippen LogP contribution in [0.25, 0.3) is 0 Å². The second kappa shape index (κ2) is 4.67. The minimum atomic E-state index is -4.69. The van der Waals surface area contributed by atoms with Gasteiger partial charge in [0.25, 0.3) is 0 Å². The van der Waals surface area contributed by atoms with E-state index < -0.39 is 30.8 Å². The summed E-state index contributed by atoms with van der Waals surface area (Å²) in [5.74, 6) is -0.387. The fourth-order valence-electron chi connectivity index (χ4n) is 2.26. The Morgan fingerprint density at radius 3 is 2.61 bits per heavy atom. The number of hydrogen-bond acceptors (Lipinski definition) is 4. The molecule has 0 aromatic rings. The summed E-state index contributed by atoms with van der Waals surface area (Å²) >= 11 is 0. The molecule has 0 spiro atoms. The maximum Gasteiger partial charge on any atom is 0.419 e. The Morgan fingerprint density at radius 2 is 2.11 bits per heavy atom. The largest absolute Gasteiger partial charge is 0.419 e. The minimum Gasteiger partial charge on any atom is -0.379 e. The van der Waals surface area contributed by atoms with Crippen molar-refractivity contribution in [2.45, 2.75) is 24.2 Å². The van der Waals surface area contributed by atoms with Crippen molar-refractivity contribution in [1.82, 2.24) is 15.5 Å². The summed E-state index contributed by atoms with van der Waals surface area (Å²) in [7, 11) is 0. The molecular formula is C10H16F3N3O2. The smallest absolute Gasteiger partial charge is 0.379 e. The summed E-state index contributed by atoms with van der Waals surface area (Å²) in [6.07, 6.45) is -5.15. The van der Waals surface area contributed by atoms with Gasteiger partial charge in [0.15, 0.2) is 5.60 Å². The normalized spacial score (nSPS) is 33.8. The van der Waals surface area contributed by atoms with Gasteiger partial charge < -0.3 is 20.6 Å². The molecule has 0 bridgehead atoms. The summed E-state index contributed by atoms with van der Waals surface area (Å²) in [4.78, 5) is 13.0. The van der Waals surface area contributed by atoms with Gasteiger partial charge in [0.05, 0.1) is 12.6 Å². The standard InChI is InChI=1S/C10H16F3N3O2/c11-10(12,13)9(18)1-4-16(6-9)8(17)7-5-14-2-3-15-7/h7,14-15,18H,1-6H2. The number of amides is 1. The molecule has 1 amide bonds. The molecule has 2 heterocycles. The van der Waals surface area contributed by atoms with Crippen LogP contribution < -0.4 is 10.6 Å². The number of hydrogen-bond donors (Lipinski definition) is 3. The van der Waals surface area contributed by atoms with Gasteiger partial charge in [0.1, 0.15) is 0 Å². The highest BCUT2D eigenvalue weighted by Crippen LogP contribution is 2.37. The number of carbonyl (C=O) groups is 1. The predicted molar refractivity (Wildman–Crippen MR) is 56.9 cm³/mol. The molecule has 2 aliphatic heterocycles. The van der Waals surface area contributed by atoms with Crippen molar-refractivity contribution >= 4 is 5.91 Å². The van der Waals surface area contributed by atoms with Crippen LogP contribution in [0.2, 0.25) is 0 Å². The van der Waals surface area contributed by atoms with Crippen LogP contribution in [0.5, 0.6) is 0 Å². The molecule has 2 unspecified atom stereocenters. The van der Waals surface area contributed by atoms with Gasteiger partial charge in [-0.1, -0.05) is 0 Å². The Hall–Kier alpha value is -0.860. The van der Waals surface area contributed by atoms with E-state index >= 15 is 0 Å². The minimum absolute atomic E-state index is 0.0625. The second-order valence-electron chi connectivity index (χ2n) is 4.75. The van der Waals surface area contributed by atoms with E-state index in [-0.39, 0.29) is 12.5 Å². The van der Waals surface area contributed by atoms with Gasteiger partial charge in [-0.3, -0.25) is 4.79 Å². The van der Waals surface area contributed by atoms with E-state index in [0.717, 1.165) is 11.4 Å². The van der Waals surface area contributed by atoms with Crippen molar-refractivity contribution in [3.05, 3.63) is 0 Å². The van der Waals surface area contributed by atoms with Crippen molar-refractivity contribution in [2.24, 2.45) is 0 Å². The Morgan fingerprint density at radius 1 is 1.39 bits per heavy atom. The molecule has 0 radical (unpaired) electrons. The predicted octanol–water partition coefficient (Wildman–Crippen LogP) is -0.926. The van der Waals surface area contributed by atoms with Gasteiger partial charge >= 0.3 is 6.18 Å². The van der Waals surface area contributed by atoms with E-state index in [4.69, 9.17) is 0 Å². The first-order valence-electron chi connectivity index (χ1n) is 5.85. The van der Waals surface area contributed by atoms with Crippen LogP contribution >= 0.6 is 0 Å². The van der Waals surface area contributed by atoms with E-state index in [0.29, 0.717) is 13.1 Å². The summed E-state index contributed by atoms with van der Waals surface area (Å²) in [5, 5.41) is 15.4. The summed E-state index contributed by atoms with van der Waals surface area (Å²) in [5.41, 5.74) is -2.76. The average Bonchev–Trinajstić information content (AvgIpc) is 2.73. The van der Waals surface area contributed by atoms with E-state index in [1.807, 2.05) is 0 Å². The van der Waals surface area contributed by atoms with Crippen molar-refractivity contribution < 1.29 is 23.1 Å². The number of β-amino-alcohol motifs (C(OH)–C–C–N with tert-alkyl or cyclic N) is 1. The first-order chi connectivity index (χ1) is 8.33. The summed E-state index contributed by atoms with van der Waals surface area (Å²) in [6, 6.07) is -0.505. The van der Waals surface area contributed by atoms with Crippen LogP contribution in [0.15, 0.2) is 0 Å². The molecule has 104 valence electrons. The van der Waals surface area contributed by atoms with Crippen LogP contribution in [0, 0.1) is 0 Å². The fourth-order valence-corrected chi connectivity index (χ4v) is 2.26. The molecule has 8 heteroatoms. The molecule has 2 saturated heterocycles. The molecule has 2 aliphatic rings. The third-order valence-electron chi connectivity index (χ3n) is 3.43. The first kappa shape index (κ1) is 13.6. The van der Waals surface area contributed by atoms with Crippen LogP contribution in [0.3, 0.4) is 0 Å². The van der Waals surface area contributed by atoms with Crippen LogP contribution in [-0.2, 0) is 4.79 Å². The van der Waals surface area contributed by atoms with Gasteiger partial charge in [-0.25, -0.2) is 0 Å². The van der Waals surface area contributed by atoms with E-state index in [2.05, 4.69) is 10.6 Å². The third kappa shape index (κ3) is 2.45. The average molecular weight is 267 g/mol. The van der Waals surface area contributed by atoms with Crippen molar-refractivity contribution in [3.63, 3.8) is 0 Å². The van der Waals surface area contributed by atoms with Gasteiger partial charge in [-0.15, -0.1) is 0 Å². The van der Waals surface area contributed by atoms with Crippen molar-refractivity contribution in [2.75, 3.05) is 32.7 Å². The van der Waals surface area contributed by atoms with Crippen molar-refractivity contribution in [1.29, 1.82) is 0 Å². The molecule has 18 heavy (non-hydrogen) atoms. The Bertz CT molecular complexity index is 331. The van der Waals surface area contributed by atoms with E-state index in [1.165, 1.54) is 0 Å².